The average Bonchev–Trinajstić information content (AvgIpc) is 2.75. The molecule has 0 aliphatic rings. The predicted molar refractivity (Wildman–Crippen MR) is 60.2 cm³/mol. The van der Waals surface area contributed by atoms with Crippen molar-refractivity contribution >= 4 is 11.5 Å². The lowest BCUT2D eigenvalue weighted by molar-refractivity contribution is 0.176. The van der Waals surface area contributed by atoms with Gasteiger partial charge in [-0.3, -0.25) is 4.40 Å². The van der Waals surface area contributed by atoms with Crippen molar-refractivity contribution in [3.05, 3.63) is 18.7 Å². The Labute approximate surface area is 93.3 Å². The fourth-order valence-corrected chi connectivity index (χ4v) is 1.53. The molecule has 2 aromatic rings. The van der Waals surface area contributed by atoms with Gasteiger partial charge in [0.05, 0.1) is 6.10 Å². The van der Waals surface area contributed by atoms with Crippen molar-refractivity contribution in [2.75, 3.05) is 11.9 Å². The number of aliphatic hydroxyl groups excluding tert-OH is 1. The van der Waals surface area contributed by atoms with Crippen molar-refractivity contribution < 1.29 is 5.11 Å². The fourth-order valence-electron chi connectivity index (χ4n) is 1.53. The highest BCUT2D eigenvalue weighted by atomic mass is 16.3. The molecule has 6 nitrogen and oxygen atoms in total. The van der Waals surface area contributed by atoms with E-state index in [9.17, 15) is 5.11 Å². The monoisotopic (exact) mass is 221 g/mol. The maximum absolute atomic E-state index is 9.60. The van der Waals surface area contributed by atoms with Crippen LogP contribution in [0.25, 0.3) is 5.65 Å². The molecule has 1 atom stereocenters. The Kier molecular flexibility index (Phi) is 3.31. The Hall–Kier alpha value is -1.69. The van der Waals surface area contributed by atoms with Gasteiger partial charge in [-0.1, -0.05) is 13.3 Å². The van der Waals surface area contributed by atoms with Crippen LogP contribution in [0.3, 0.4) is 0 Å². The van der Waals surface area contributed by atoms with Crippen LogP contribution in [0.4, 0.5) is 5.82 Å². The zero-order valence-corrected chi connectivity index (χ0v) is 9.17. The van der Waals surface area contributed by atoms with Crippen molar-refractivity contribution in [3.63, 3.8) is 0 Å². The Balaban J connectivity index is 2.06. The average molecular weight is 221 g/mol. The van der Waals surface area contributed by atoms with Crippen molar-refractivity contribution in [2.24, 2.45) is 0 Å². The van der Waals surface area contributed by atoms with Crippen molar-refractivity contribution in [3.8, 4) is 0 Å². The molecule has 86 valence electrons. The van der Waals surface area contributed by atoms with Gasteiger partial charge in [-0.05, 0) is 6.42 Å². The van der Waals surface area contributed by atoms with Gasteiger partial charge in [-0.25, -0.2) is 4.98 Å². The second kappa shape index (κ2) is 4.89. The van der Waals surface area contributed by atoms with Gasteiger partial charge in [-0.15, -0.1) is 10.2 Å². The maximum atomic E-state index is 9.60. The number of hydrogen-bond acceptors (Lipinski definition) is 5. The summed E-state index contributed by atoms with van der Waals surface area (Å²) in [6.07, 6.45) is 6.46. The molecule has 0 saturated carbocycles. The third kappa shape index (κ3) is 2.27. The summed E-state index contributed by atoms with van der Waals surface area (Å²) >= 11 is 0. The molecule has 1 unspecified atom stereocenters. The molecule has 0 bridgehead atoms. The first-order valence-electron chi connectivity index (χ1n) is 5.37. The van der Waals surface area contributed by atoms with E-state index in [0.717, 1.165) is 12.8 Å². The van der Waals surface area contributed by atoms with E-state index in [0.29, 0.717) is 18.0 Å². The van der Waals surface area contributed by atoms with Crippen LogP contribution >= 0.6 is 0 Å². The molecule has 0 radical (unpaired) electrons. The molecule has 0 fully saturated rings. The number of aliphatic hydroxyl groups is 1. The number of rotatable bonds is 5. The predicted octanol–water partition coefficient (Wildman–Crippen LogP) is 0.697. The first-order chi connectivity index (χ1) is 7.81. The van der Waals surface area contributed by atoms with Crippen molar-refractivity contribution in [2.45, 2.75) is 25.9 Å². The van der Waals surface area contributed by atoms with Crippen LogP contribution in [-0.2, 0) is 0 Å². The molecule has 2 aromatic heterocycles. The normalized spacial score (nSPS) is 12.9. The number of nitrogens with one attached hydrogen (secondary N) is 1. The van der Waals surface area contributed by atoms with Crippen LogP contribution in [0, 0.1) is 0 Å². The first kappa shape index (κ1) is 10.8. The highest BCUT2D eigenvalue weighted by molar-refractivity contribution is 5.61. The second-order valence-corrected chi connectivity index (χ2v) is 3.66. The summed E-state index contributed by atoms with van der Waals surface area (Å²) < 4.78 is 1.78. The number of hydrogen-bond donors (Lipinski definition) is 2. The maximum Gasteiger partial charge on any atom is 0.203 e. The van der Waals surface area contributed by atoms with E-state index in [1.807, 2.05) is 6.92 Å². The molecule has 0 saturated heterocycles. The number of nitrogens with zero attached hydrogens (tertiary/aromatic N) is 4. The van der Waals surface area contributed by atoms with Crippen LogP contribution in [0.15, 0.2) is 18.7 Å². The van der Waals surface area contributed by atoms with Crippen LogP contribution in [0.1, 0.15) is 19.8 Å². The Morgan fingerprint density at radius 2 is 2.44 bits per heavy atom. The lowest BCUT2D eigenvalue weighted by Crippen LogP contribution is -2.19. The topological polar surface area (TPSA) is 75.3 Å². The molecule has 0 spiro atoms. The van der Waals surface area contributed by atoms with Crippen LogP contribution in [0.2, 0.25) is 0 Å². The van der Waals surface area contributed by atoms with Gasteiger partial charge in [0.25, 0.3) is 0 Å². The van der Waals surface area contributed by atoms with Crippen LogP contribution in [-0.4, -0.2) is 37.3 Å². The Bertz CT molecular complexity index is 455. The molecule has 2 N–H and O–H groups in total. The van der Waals surface area contributed by atoms with Gasteiger partial charge in [0.2, 0.25) is 5.65 Å². The minimum absolute atomic E-state index is 0.352. The lowest BCUT2D eigenvalue weighted by Gasteiger charge is -2.11. The quantitative estimate of drug-likeness (QED) is 0.777. The molecular formula is C10H15N5O. The van der Waals surface area contributed by atoms with E-state index in [4.69, 9.17) is 0 Å². The highest BCUT2D eigenvalue weighted by Gasteiger charge is 2.07. The zero-order chi connectivity index (χ0) is 11.4. The van der Waals surface area contributed by atoms with Gasteiger partial charge in [0.1, 0.15) is 6.33 Å². The summed E-state index contributed by atoms with van der Waals surface area (Å²) in [5.41, 5.74) is 0.672. The summed E-state index contributed by atoms with van der Waals surface area (Å²) in [6.45, 7) is 2.52. The largest absolute Gasteiger partial charge is 0.391 e. The summed E-state index contributed by atoms with van der Waals surface area (Å²) in [7, 11) is 0. The highest BCUT2D eigenvalue weighted by Crippen LogP contribution is 2.09. The van der Waals surface area contributed by atoms with E-state index < -0.39 is 0 Å². The molecule has 2 rings (SSSR count). The molecule has 2 heterocycles. The minimum atomic E-state index is -0.352. The van der Waals surface area contributed by atoms with Gasteiger partial charge in [0, 0.05) is 18.9 Å². The summed E-state index contributed by atoms with van der Waals surface area (Å²) in [6, 6.07) is 0. The lowest BCUT2D eigenvalue weighted by atomic mass is 10.2. The smallest absolute Gasteiger partial charge is 0.203 e. The molecule has 0 aromatic carbocycles. The van der Waals surface area contributed by atoms with Gasteiger partial charge >= 0.3 is 0 Å². The molecule has 0 aliphatic heterocycles. The summed E-state index contributed by atoms with van der Waals surface area (Å²) in [4.78, 5) is 4.17. The van der Waals surface area contributed by atoms with Crippen LogP contribution in [0.5, 0.6) is 0 Å². The van der Waals surface area contributed by atoms with E-state index in [-0.39, 0.29) is 6.10 Å². The van der Waals surface area contributed by atoms with Crippen LogP contribution < -0.4 is 5.32 Å². The zero-order valence-electron chi connectivity index (χ0n) is 9.17. The molecule has 6 heteroatoms. The second-order valence-electron chi connectivity index (χ2n) is 3.66. The van der Waals surface area contributed by atoms with E-state index >= 15 is 0 Å². The Morgan fingerprint density at radius 1 is 1.56 bits per heavy atom. The molecule has 0 amide bonds. The Morgan fingerprint density at radius 3 is 3.25 bits per heavy atom. The number of fused-ring (bicyclic) bond motifs is 1. The van der Waals surface area contributed by atoms with E-state index in [1.54, 1.807) is 23.1 Å². The molecule has 16 heavy (non-hydrogen) atoms. The third-order valence-corrected chi connectivity index (χ3v) is 2.34. The SMILES string of the molecule is CCCC(O)CNc1nccn2cnnc12. The van der Waals surface area contributed by atoms with E-state index in [1.165, 1.54) is 0 Å². The summed E-state index contributed by atoms with van der Waals surface area (Å²) in [5.74, 6) is 0.648. The number of aromatic nitrogens is 4. The van der Waals surface area contributed by atoms with Crippen molar-refractivity contribution in [1.82, 2.24) is 19.6 Å². The van der Waals surface area contributed by atoms with Crippen molar-refractivity contribution in [1.29, 1.82) is 0 Å². The minimum Gasteiger partial charge on any atom is -0.391 e. The van der Waals surface area contributed by atoms with Gasteiger partial charge in [0.15, 0.2) is 5.82 Å². The first-order valence-corrected chi connectivity index (χ1v) is 5.37. The molecule has 0 aliphatic carbocycles. The standard InChI is InChI=1S/C10H15N5O/c1-2-3-8(16)6-12-9-10-14-13-7-15(10)5-4-11-9/h4-5,7-8,16H,2-3,6H2,1H3,(H,11,12). The van der Waals surface area contributed by atoms with E-state index in [2.05, 4.69) is 20.5 Å². The number of anilines is 1. The van der Waals surface area contributed by atoms with Gasteiger partial charge in [-0.2, -0.15) is 0 Å². The summed E-state index contributed by atoms with van der Waals surface area (Å²) in [5, 5.41) is 20.4. The van der Waals surface area contributed by atoms with Gasteiger partial charge < -0.3 is 10.4 Å². The third-order valence-electron chi connectivity index (χ3n) is 2.34. The molecular weight excluding hydrogens is 206 g/mol. The fraction of sp³-hybridized carbons (Fsp3) is 0.500.